The van der Waals surface area contributed by atoms with Gasteiger partial charge in [0.05, 0.1) is 6.20 Å². The maximum Gasteiger partial charge on any atom is 0.168 e. The normalized spacial score (nSPS) is 10.7. The molecule has 0 radical (unpaired) electrons. The first-order valence-corrected chi connectivity index (χ1v) is 6.79. The van der Waals surface area contributed by atoms with Crippen LogP contribution in [0.25, 0.3) is 0 Å². The Bertz CT molecular complexity index is 611. The highest BCUT2D eigenvalue weighted by molar-refractivity contribution is 5.49. The minimum atomic E-state index is -0.681. The summed E-state index contributed by atoms with van der Waals surface area (Å²) in [5.74, 6) is -1.18. The second kappa shape index (κ2) is 6.51. The molecular weight excluding hydrogens is 276 g/mol. The van der Waals surface area contributed by atoms with Crippen molar-refractivity contribution in [3.8, 4) is 0 Å². The van der Waals surface area contributed by atoms with Crippen LogP contribution in [0.3, 0.4) is 0 Å². The fraction of sp³-hybridized carbons (Fsp3) is 0.429. The van der Waals surface area contributed by atoms with E-state index < -0.39 is 11.6 Å². The lowest BCUT2D eigenvalue weighted by Crippen LogP contribution is -2.20. The molecule has 0 atom stereocenters. The SMILES string of the molecule is CCCNc1nc(N(C)Cc2cnn(C)c2)c(F)cc1F. The number of aryl methyl sites for hydroxylation is 1. The molecular formula is C14H19F2N5. The van der Waals surface area contributed by atoms with Gasteiger partial charge in [-0.05, 0) is 6.42 Å². The van der Waals surface area contributed by atoms with Gasteiger partial charge in [-0.2, -0.15) is 5.10 Å². The first kappa shape index (κ1) is 15.2. The van der Waals surface area contributed by atoms with E-state index in [9.17, 15) is 8.78 Å². The van der Waals surface area contributed by atoms with Crippen LogP contribution >= 0.6 is 0 Å². The number of anilines is 2. The van der Waals surface area contributed by atoms with E-state index in [-0.39, 0.29) is 11.6 Å². The van der Waals surface area contributed by atoms with Crippen LogP contribution in [0, 0.1) is 11.6 Å². The Morgan fingerprint density at radius 2 is 2.10 bits per heavy atom. The predicted molar refractivity (Wildman–Crippen MR) is 78.2 cm³/mol. The molecule has 0 aromatic carbocycles. The Labute approximate surface area is 122 Å². The van der Waals surface area contributed by atoms with Crippen LogP contribution in [0.15, 0.2) is 18.5 Å². The van der Waals surface area contributed by atoms with Crippen molar-refractivity contribution in [1.82, 2.24) is 14.8 Å². The van der Waals surface area contributed by atoms with Crippen LogP contribution < -0.4 is 10.2 Å². The van der Waals surface area contributed by atoms with Gasteiger partial charge in [-0.25, -0.2) is 13.8 Å². The summed E-state index contributed by atoms with van der Waals surface area (Å²) in [5.41, 5.74) is 0.925. The van der Waals surface area contributed by atoms with Crippen LogP contribution in [0.1, 0.15) is 18.9 Å². The lowest BCUT2D eigenvalue weighted by molar-refractivity contribution is 0.572. The van der Waals surface area contributed by atoms with Gasteiger partial charge in [0.2, 0.25) is 0 Å². The molecule has 0 fully saturated rings. The van der Waals surface area contributed by atoms with Gasteiger partial charge in [0.25, 0.3) is 0 Å². The third kappa shape index (κ3) is 3.68. The standard InChI is InChI=1S/C14H19F2N5/c1-4-5-17-13-11(15)6-12(16)14(19-13)20(2)8-10-7-18-21(3)9-10/h6-7,9H,4-5,8H2,1-3H3,(H,17,19). The molecule has 0 bridgehead atoms. The number of nitrogens with one attached hydrogen (secondary N) is 1. The first-order valence-electron chi connectivity index (χ1n) is 6.79. The number of pyridine rings is 1. The molecule has 0 saturated heterocycles. The summed E-state index contributed by atoms with van der Waals surface area (Å²) >= 11 is 0. The summed E-state index contributed by atoms with van der Waals surface area (Å²) in [4.78, 5) is 5.68. The summed E-state index contributed by atoms with van der Waals surface area (Å²) < 4.78 is 29.2. The highest BCUT2D eigenvalue weighted by Crippen LogP contribution is 2.22. The molecule has 2 aromatic heterocycles. The van der Waals surface area contributed by atoms with Gasteiger partial charge >= 0.3 is 0 Å². The Balaban J connectivity index is 2.20. The zero-order valence-electron chi connectivity index (χ0n) is 12.4. The second-order valence-corrected chi connectivity index (χ2v) is 4.93. The molecule has 21 heavy (non-hydrogen) atoms. The molecule has 2 aromatic rings. The lowest BCUT2D eigenvalue weighted by Gasteiger charge is -2.19. The predicted octanol–water partition coefficient (Wildman–Crippen LogP) is 2.55. The number of hydrogen-bond donors (Lipinski definition) is 1. The maximum atomic E-state index is 13.9. The minimum Gasteiger partial charge on any atom is -0.368 e. The molecule has 2 rings (SSSR count). The van der Waals surface area contributed by atoms with Crippen molar-refractivity contribution in [3.05, 3.63) is 35.7 Å². The zero-order chi connectivity index (χ0) is 15.4. The largest absolute Gasteiger partial charge is 0.368 e. The summed E-state index contributed by atoms with van der Waals surface area (Å²) in [5, 5.41) is 6.92. The molecule has 2 heterocycles. The van der Waals surface area contributed by atoms with Gasteiger partial charge in [0, 0.05) is 45.0 Å². The van der Waals surface area contributed by atoms with Crippen molar-refractivity contribution < 1.29 is 8.78 Å². The second-order valence-electron chi connectivity index (χ2n) is 4.93. The summed E-state index contributed by atoms with van der Waals surface area (Å²) in [6.45, 7) is 2.99. The van der Waals surface area contributed by atoms with Gasteiger partial charge in [-0.15, -0.1) is 0 Å². The van der Waals surface area contributed by atoms with Crippen molar-refractivity contribution in [2.45, 2.75) is 19.9 Å². The number of aromatic nitrogens is 3. The van der Waals surface area contributed by atoms with Gasteiger partial charge < -0.3 is 10.2 Å². The fourth-order valence-corrected chi connectivity index (χ4v) is 1.99. The van der Waals surface area contributed by atoms with E-state index in [0.29, 0.717) is 13.1 Å². The highest BCUT2D eigenvalue weighted by Gasteiger charge is 2.15. The van der Waals surface area contributed by atoms with E-state index >= 15 is 0 Å². The van der Waals surface area contributed by atoms with E-state index in [1.807, 2.05) is 20.2 Å². The van der Waals surface area contributed by atoms with Crippen molar-refractivity contribution >= 4 is 11.6 Å². The van der Waals surface area contributed by atoms with E-state index in [1.165, 1.54) is 0 Å². The fourth-order valence-electron chi connectivity index (χ4n) is 1.99. The quantitative estimate of drug-likeness (QED) is 0.889. The van der Waals surface area contributed by atoms with E-state index in [0.717, 1.165) is 18.1 Å². The summed E-state index contributed by atoms with van der Waals surface area (Å²) in [7, 11) is 3.52. The third-order valence-corrected chi connectivity index (χ3v) is 2.99. The molecule has 5 nitrogen and oxygen atoms in total. The molecule has 7 heteroatoms. The Kier molecular flexibility index (Phi) is 4.72. The molecule has 0 spiro atoms. The molecule has 0 aliphatic rings. The molecule has 0 aliphatic heterocycles. The topological polar surface area (TPSA) is 46.0 Å². The summed E-state index contributed by atoms with van der Waals surface area (Å²) in [6.07, 6.45) is 4.38. The third-order valence-electron chi connectivity index (χ3n) is 2.99. The van der Waals surface area contributed by atoms with E-state index in [4.69, 9.17) is 0 Å². The Hall–Kier alpha value is -2.18. The average Bonchev–Trinajstić information content (AvgIpc) is 2.83. The number of rotatable bonds is 6. The number of hydrogen-bond acceptors (Lipinski definition) is 4. The van der Waals surface area contributed by atoms with Crippen LogP contribution in [-0.2, 0) is 13.6 Å². The zero-order valence-corrected chi connectivity index (χ0v) is 12.4. The summed E-state index contributed by atoms with van der Waals surface area (Å²) in [6, 6.07) is 0.861. The minimum absolute atomic E-state index is 0.0753. The van der Waals surface area contributed by atoms with Crippen LogP contribution in [0.5, 0.6) is 0 Å². The number of nitrogens with zero attached hydrogens (tertiary/aromatic N) is 4. The van der Waals surface area contributed by atoms with Gasteiger partial charge in [0.1, 0.15) is 0 Å². The molecule has 0 unspecified atom stereocenters. The van der Waals surface area contributed by atoms with E-state index in [2.05, 4.69) is 15.4 Å². The van der Waals surface area contributed by atoms with Crippen molar-refractivity contribution in [3.63, 3.8) is 0 Å². The maximum absolute atomic E-state index is 13.9. The Morgan fingerprint density at radius 3 is 2.71 bits per heavy atom. The van der Waals surface area contributed by atoms with Crippen LogP contribution in [0.2, 0.25) is 0 Å². The number of halogens is 2. The lowest BCUT2D eigenvalue weighted by atomic mass is 10.3. The van der Waals surface area contributed by atoms with E-state index in [1.54, 1.807) is 22.8 Å². The monoisotopic (exact) mass is 295 g/mol. The molecule has 1 N–H and O–H groups in total. The average molecular weight is 295 g/mol. The van der Waals surface area contributed by atoms with Crippen molar-refractivity contribution in [2.24, 2.45) is 7.05 Å². The van der Waals surface area contributed by atoms with Gasteiger partial charge in [-0.3, -0.25) is 4.68 Å². The first-order chi connectivity index (χ1) is 10.0. The van der Waals surface area contributed by atoms with Gasteiger partial charge in [0.15, 0.2) is 23.3 Å². The van der Waals surface area contributed by atoms with Crippen LogP contribution in [-0.4, -0.2) is 28.4 Å². The Morgan fingerprint density at radius 1 is 1.33 bits per heavy atom. The van der Waals surface area contributed by atoms with Crippen molar-refractivity contribution in [1.29, 1.82) is 0 Å². The molecule has 114 valence electrons. The molecule has 0 amide bonds. The van der Waals surface area contributed by atoms with Crippen molar-refractivity contribution in [2.75, 3.05) is 23.8 Å². The highest BCUT2D eigenvalue weighted by atomic mass is 19.1. The van der Waals surface area contributed by atoms with Gasteiger partial charge in [-0.1, -0.05) is 6.92 Å². The smallest absolute Gasteiger partial charge is 0.168 e. The van der Waals surface area contributed by atoms with Crippen LogP contribution in [0.4, 0.5) is 20.4 Å². The molecule has 0 aliphatic carbocycles. The molecule has 0 saturated carbocycles.